The van der Waals surface area contributed by atoms with E-state index in [2.05, 4.69) is 5.32 Å². The lowest BCUT2D eigenvalue weighted by molar-refractivity contribution is 0.0963. The molecule has 0 spiro atoms. The number of halogens is 1. The topological polar surface area (TPSA) is 93.4 Å². The van der Waals surface area contributed by atoms with Crippen molar-refractivity contribution in [2.75, 3.05) is 12.8 Å². The molecule has 0 atom stereocenters. The zero-order valence-electron chi connectivity index (χ0n) is 20.3. The maximum atomic E-state index is 13.5. The van der Waals surface area contributed by atoms with Crippen molar-refractivity contribution in [2.45, 2.75) is 4.90 Å². The summed E-state index contributed by atoms with van der Waals surface area (Å²) < 4.78 is 44.9. The van der Waals surface area contributed by atoms with Crippen LogP contribution in [0.2, 0.25) is 0 Å². The molecule has 6 nitrogen and oxygen atoms in total. The Balaban J connectivity index is 1.53. The molecule has 38 heavy (non-hydrogen) atoms. The zero-order chi connectivity index (χ0) is 26.9. The second-order valence-electron chi connectivity index (χ2n) is 8.68. The number of amides is 1. The fourth-order valence-corrected chi connectivity index (χ4v) is 5.52. The Labute approximate surface area is 218 Å². The Hall–Kier alpha value is -4.56. The Morgan fingerprint density at radius 1 is 0.816 bits per heavy atom. The van der Waals surface area contributed by atoms with Crippen molar-refractivity contribution in [3.05, 3.63) is 114 Å². The summed E-state index contributed by atoms with van der Waals surface area (Å²) in [4.78, 5) is 25.9. The molecule has 1 N–H and O–H groups in total. The van der Waals surface area contributed by atoms with Crippen LogP contribution in [0.15, 0.2) is 106 Å². The first-order valence-corrected chi connectivity index (χ1v) is 13.4. The van der Waals surface area contributed by atoms with Gasteiger partial charge in [0.2, 0.25) is 0 Å². The molecule has 0 saturated carbocycles. The van der Waals surface area contributed by atoms with Crippen molar-refractivity contribution < 1.29 is 26.8 Å². The van der Waals surface area contributed by atoms with Crippen LogP contribution in [0.4, 0.5) is 4.39 Å². The number of nitrogens with one attached hydrogen (secondary N) is 1. The van der Waals surface area contributed by atoms with Gasteiger partial charge in [0, 0.05) is 23.6 Å². The number of rotatable bonds is 7. The molecule has 8 heteroatoms. The molecule has 0 saturated heterocycles. The summed E-state index contributed by atoms with van der Waals surface area (Å²) in [7, 11) is -2.28. The van der Waals surface area contributed by atoms with E-state index < -0.39 is 27.2 Å². The molecule has 1 aromatic heterocycles. The first-order chi connectivity index (χ1) is 18.3. The number of carbonyl (C=O) groups is 2. The number of hydrogen-bond donors (Lipinski definition) is 1. The summed E-state index contributed by atoms with van der Waals surface area (Å²) in [6.07, 6.45) is 0. The Kier molecular flexibility index (Phi) is 6.65. The van der Waals surface area contributed by atoms with E-state index in [0.717, 1.165) is 0 Å². The highest BCUT2D eigenvalue weighted by atomic mass is 32.2. The highest BCUT2D eigenvalue weighted by Gasteiger charge is 2.23. The molecular weight excluding hydrogens is 505 g/mol. The predicted molar refractivity (Wildman–Crippen MR) is 143 cm³/mol. The number of benzene rings is 4. The monoisotopic (exact) mass is 527 g/mol. The number of Topliss-reactive ketones (excluding diaryl/α,β-unsaturated/α-hetero) is 1. The minimum Gasteiger partial charge on any atom is -0.455 e. The maximum absolute atomic E-state index is 13.5. The van der Waals surface area contributed by atoms with Crippen LogP contribution >= 0.6 is 0 Å². The van der Waals surface area contributed by atoms with Gasteiger partial charge in [0.1, 0.15) is 22.9 Å². The van der Waals surface area contributed by atoms with Gasteiger partial charge in [-0.25, -0.2) is 12.8 Å². The molecule has 0 fully saturated rings. The molecule has 0 aliphatic rings. The molecule has 0 aliphatic carbocycles. The molecule has 190 valence electrons. The van der Waals surface area contributed by atoms with E-state index >= 15 is 0 Å². The summed E-state index contributed by atoms with van der Waals surface area (Å²) in [6.45, 7) is 0. The van der Waals surface area contributed by atoms with Gasteiger partial charge in [0.15, 0.2) is 15.6 Å². The first kappa shape index (κ1) is 25.1. The van der Waals surface area contributed by atoms with Gasteiger partial charge in [-0.05, 0) is 65.7 Å². The zero-order valence-corrected chi connectivity index (χ0v) is 21.1. The average Bonchev–Trinajstić information content (AvgIpc) is 3.32. The molecule has 0 aliphatic heterocycles. The predicted octanol–water partition coefficient (Wildman–Crippen LogP) is 5.92. The van der Waals surface area contributed by atoms with Gasteiger partial charge in [0.05, 0.1) is 10.5 Å². The largest absolute Gasteiger partial charge is 0.455 e. The van der Waals surface area contributed by atoms with Crippen molar-refractivity contribution in [3.63, 3.8) is 0 Å². The Bertz CT molecular complexity index is 1780. The van der Waals surface area contributed by atoms with E-state index in [9.17, 15) is 22.4 Å². The summed E-state index contributed by atoms with van der Waals surface area (Å²) in [6, 6.07) is 25.5. The van der Waals surface area contributed by atoms with Crippen LogP contribution in [0, 0.1) is 5.82 Å². The Morgan fingerprint density at radius 2 is 1.50 bits per heavy atom. The maximum Gasteiger partial charge on any atom is 0.255 e. The van der Waals surface area contributed by atoms with E-state index in [4.69, 9.17) is 4.42 Å². The highest BCUT2D eigenvalue weighted by Crippen LogP contribution is 2.36. The third-order valence-corrected chi connectivity index (χ3v) is 7.82. The van der Waals surface area contributed by atoms with Crippen LogP contribution in [0.1, 0.15) is 20.7 Å². The lowest BCUT2D eigenvalue weighted by Crippen LogP contribution is -2.18. The SMILES string of the molecule is CNC(=O)c1c(-c2ccc(F)cc2)oc2ccc(-c3cccc(C(=O)CS(=O)(=O)c4ccccc4)c3)cc12. The van der Waals surface area contributed by atoms with E-state index in [1.54, 1.807) is 72.8 Å². The molecule has 1 amide bonds. The number of ketones is 1. The van der Waals surface area contributed by atoms with Gasteiger partial charge in [-0.3, -0.25) is 9.59 Å². The van der Waals surface area contributed by atoms with E-state index in [0.29, 0.717) is 39.0 Å². The quantitative estimate of drug-likeness (QED) is 0.265. The molecule has 5 aromatic rings. The van der Waals surface area contributed by atoms with Gasteiger partial charge >= 0.3 is 0 Å². The minimum absolute atomic E-state index is 0.0913. The normalized spacial score (nSPS) is 11.4. The molecule has 0 radical (unpaired) electrons. The van der Waals surface area contributed by atoms with Crippen LogP contribution in [0.25, 0.3) is 33.4 Å². The molecule has 0 bridgehead atoms. The summed E-state index contributed by atoms with van der Waals surface area (Å²) in [5.74, 6) is -1.63. The van der Waals surface area contributed by atoms with Crippen LogP contribution in [0.3, 0.4) is 0 Å². The van der Waals surface area contributed by atoms with Gasteiger partial charge in [0.25, 0.3) is 5.91 Å². The van der Waals surface area contributed by atoms with Crippen molar-refractivity contribution in [1.82, 2.24) is 5.32 Å². The van der Waals surface area contributed by atoms with Crippen LogP contribution in [-0.2, 0) is 9.84 Å². The average molecular weight is 528 g/mol. The fraction of sp³-hybridized carbons (Fsp3) is 0.0667. The number of furan rings is 1. The van der Waals surface area contributed by atoms with E-state index in [1.807, 2.05) is 0 Å². The standard InChI is InChI=1S/C30H22FNO5S/c1-32-30(34)28-25-17-21(12-15-27(25)37-29(28)19-10-13-23(31)14-11-19)20-6-5-7-22(16-20)26(33)18-38(35,36)24-8-3-2-4-9-24/h2-17H,18H2,1H3,(H,32,34). The second kappa shape index (κ2) is 10.1. The van der Waals surface area contributed by atoms with Gasteiger partial charge in [-0.1, -0.05) is 42.5 Å². The summed E-state index contributed by atoms with van der Waals surface area (Å²) in [5.41, 5.74) is 2.95. The third-order valence-electron chi connectivity index (χ3n) is 6.19. The van der Waals surface area contributed by atoms with Crippen LogP contribution < -0.4 is 5.32 Å². The molecule has 0 unspecified atom stereocenters. The van der Waals surface area contributed by atoms with Crippen LogP contribution in [-0.4, -0.2) is 32.9 Å². The third kappa shape index (κ3) is 4.86. The Morgan fingerprint density at radius 3 is 2.21 bits per heavy atom. The molecule has 4 aromatic carbocycles. The number of hydrogen-bond acceptors (Lipinski definition) is 5. The van der Waals surface area contributed by atoms with E-state index in [1.165, 1.54) is 31.3 Å². The molecular formula is C30H22FNO5S. The fourth-order valence-electron chi connectivity index (χ4n) is 4.27. The number of carbonyl (C=O) groups excluding carboxylic acids is 2. The van der Waals surface area contributed by atoms with Crippen molar-refractivity contribution >= 4 is 32.5 Å². The van der Waals surface area contributed by atoms with Crippen LogP contribution in [0.5, 0.6) is 0 Å². The molecule has 5 rings (SSSR count). The van der Waals surface area contributed by atoms with Gasteiger partial charge in [-0.2, -0.15) is 0 Å². The van der Waals surface area contributed by atoms with Crippen molar-refractivity contribution in [3.8, 4) is 22.5 Å². The highest BCUT2D eigenvalue weighted by molar-refractivity contribution is 7.92. The second-order valence-corrected chi connectivity index (χ2v) is 10.7. The number of sulfone groups is 1. The summed E-state index contributed by atoms with van der Waals surface area (Å²) in [5, 5.41) is 3.17. The van der Waals surface area contributed by atoms with Gasteiger partial charge < -0.3 is 9.73 Å². The van der Waals surface area contributed by atoms with Crippen molar-refractivity contribution in [2.24, 2.45) is 0 Å². The first-order valence-electron chi connectivity index (χ1n) is 11.7. The number of fused-ring (bicyclic) bond motifs is 1. The summed E-state index contributed by atoms with van der Waals surface area (Å²) >= 11 is 0. The smallest absolute Gasteiger partial charge is 0.255 e. The minimum atomic E-state index is -3.79. The lowest BCUT2D eigenvalue weighted by Gasteiger charge is -2.07. The van der Waals surface area contributed by atoms with Crippen molar-refractivity contribution in [1.29, 1.82) is 0 Å². The van der Waals surface area contributed by atoms with Gasteiger partial charge in [-0.15, -0.1) is 0 Å². The molecule has 1 heterocycles. The van der Waals surface area contributed by atoms with E-state index in [-0.39, 0.29) is 16.4 Å². The lowest BCUT2D eigenvalue weighted by atomic mass is 9.98.